The van der Waals surface area contributed by atoms with Crippen molar-refractivity contribution in [1.82, 2.24) is 10.2 Å². The molecule has 0 saturated carbocycles. The number of urea groups is 1. The summed E-state index contributed by atoms with van der Waals surface area (Å²) in [4.78, 5) is 14.0. The molecule has 0 spiro atoms. The van der Waals surface area contributed by atoms with Crippen LogP contribution in [0, 0.1) is 0 Å². The molecule has 0 aliphatic rings. The van der Waals surface area contributed by atoms with E-state index < -0.39 is 0 Å². The number of carbonyl (C=O) groups is 1. The number of carbonyl (C=O) groups excluding carboxylic acids is 1. The van der Waals surface area contributed by atoms with Crippen molar-refractivity contribution in [2.45, 2.75) is 39.5 Å². The van der Waals surface area contributed by atoms with Crippen LogP contribution >= 0.6 is 0 Å². The minimum absolute atomic E-state index is 0.0463. The number of rotatable bonds is 10. The molecular weight excluding hydrogens is 264 g/mol. The van der Waals surface area contributed by atoms with Gasteiger partial charge in [0.25, 0.3) is 0 Å². The highest BCUT2D eigenvalue weighted by Gasteiger charge is 2.10. The molecule has 2 amide bonds. The van der Waals surface area contributed by atoms with E-state index in [0.29, 0.717) is 13.2 Å². The highest BCUT2D eigenvalue weighted by Crippen LogP contribution is 2.08. The van der Waals surface area contributed by atoms with Crippen molar-refractivity contribution in [1.29, 1.82) is 0 Å². The third kappa shape index (κ3) is 7.59. The van der Waals surface area contributed by atoms with Crippen LogP contribution in [0.1, 0.15) is 39.5 Å². The van der Waals surface area contributed by atoms with Crippen molar-refractivity contribution in [3.63, 3.8) is 0 Å². The quantitative estimate of drug-likeness (QED) is 0.668. The lowest BCUT2D eigenvalue weighted by molar-refractivity contribution is 0.196. The van der Waals surface area contributed by atoms with Gasteiger partial charge in [0.05, 0.1) is 6.61 Å². The van der Waals surface area contributed by atoms with Crippen LogP contribution in [0.5, 0.6) is 5.75 Å². The van der Waals surface area contributed by atoms with Crippen molar-refractivity contribution in [2.75, 3.05) is 26.2 Å². The SMILES string of the molecule is CCCCN(CCC)C(=O)NCCCOc1ccccc1. The van der Waals surface area contributed by atoms with Crippen molar-refractivity contribution in [3.8, 4) is 5.75 Å². The van der Waals surface area contributed by atoms with E-state index in [1.165, 1.54) is 0 Å². The molecule has 0 radical (unpaired) electrons. The Morgan fingerprint density at radius 3 is 2.52 bits per heavy atom. The first kappa shape index (κ1) is 17.3. The minimum Gasteiger partial charge on any atom is -0.494 e. The number of amides is 2. The molecule has 0 aliphatic carbocycles. The largest absolute Gasteiger partial charge is 0.494 e. The third-order valence-corrected chi connectivity index (χ3v) is 3.17. The number of hydrogen-bond acceptors (Lipinski definition) is 2. The fourth-order valence-corrected chi connectivity index (χ4v) is 2.02. The number of nitrogens with one attached hydrogen (secondary N) is 1. The third-order valence-electron chi connectivity index (χ3n) is 3.17. The topological polar surface area (TPSA) is 41.6 Å². The number of nitrogens with zero attached hydrogens (tertiary/aromatic N) is 1. The molecule has 1 rings (SSSR count). The Kier molecular flexibility index (Phi) is 9.09. The van der Waals surface area contributed by atoms with Crippen LogP contribution in [0.3, 0.4) is 0 Å². The van der Waals surface area contributed by atoms with Crippen LogP contribution in [0.4, 0.5) is 4.79 Å². The summed E-state index contributed by atoms with van der Waals surface area (Å²) in [5, 5.41) is 2.97. The van der Waals surface area contributed by atoms with Crippen LogP contribution in [0.25, 0.3) is 0 Å². The lowest BCUT2D eigenvalue weighted by atomic mass is 10.3. The summed E-state index contributed by atoms with van der Waals surface area (Å²) >= 11 is 0. The predicted octanol–water partition coefficient (Wildman–Crippen LogP) is 3.68. The van der Waals surface area contributed by atoms with Gasteiger partial charge in [-0.3, -0.25) is 0 Å². The van der Waals surface area contributed by atoms with Crippen LogP contribution < -0.4 is 10.1 Å². The summed E-state index contributed by atoms with van der Waals surface area (Å²) in [6, 6.07) is 9.79. The molecule has 0 saturated heterocycles. The van der Waals surface area contributed by atoms with Gasteiger partial charge < -0.3 is 15.0 Å². The monoisotopic (exact) mass is 292 g/mol. The number of ether oxygens (including phenoxy) is 1. The Labute approximate surface area is 128 Å². The Balaban J connectivity index is 2.16. The number of unbranched alkanes of at least 4 members (excludes halogenated alkanes) is 1. The van der Waals surface area contributed by atoms with Gasteiger partial charge >= 0.3 is 6.03 Å². The van der Waals surface area contributed by atoms with Crippen LogP contribution in [-0.2, 0) is 0 Å². The summed E-state index contributed by atoms with van der Waals surface area (Å²) in [6.45, 7) is 7.18. The van der Waals surface area contributed by atoms with E-state index in [1.807, 2.05) is 35.2 Å². The van der Waals surface area contributed by atoms with Crippen molar-refractivity contribution < 1.29 is 9.53 Å². The first-order valence-electron chi connectivity index (χ1n) is 7.98. The maximum atomic E-state index is 12.0. The van der Waals surface area contributed by atoms with Gasteiger partial charge in [0.15, 0.2) is 0 Å². The molecule has 0 bridgehead atoms. The van der Waals surface area contributed by atoms with Crippen LogP contribution in [0.2, 0.25) is 0 Å². The molecule has 0 atom stereocenters. The van der Waals surface area contributed by atoms with Gasteiger partial charge in [0, 0.05) is 19.6 Å². The van der Waals surface area contributed by atoms with Gasteiger partial charge in [-0.25, -0.2) is 4.79 Å². The number of benzene rings is 1. The predicted molar refractivity (Wildman–Crippen MR) is 86.7 cm³/mol. The van der Waals surface area contributed by atoms with E-state index in [4.69, 9.17) is 4.74 Å². The second kappa shape index (κ2) is 11.0. The molecule has 1 aromatic carbocycles. The van der Waals surface area contributed by atoms with E-state index in [9.17, 15) is 4.79 Å². The second-order valence-corrected chi connectivity index (χ2v) is 5.09. The van der Waals surface area contributed by atoms with Crippen molar-refractivity contribution in [3.05, 3.63) is 30.3 Å². The average molecular weight is 292 g/mol. The fraction of sp³-hybridized carbons (Fsp3) is 0.588. The van der Waals surface area contributed by atoms with E-state index in [1.54, 1.807) is 0 Å². The van der Waals surface area contributed by atoms with Gasteiger partial charge in [0.1, 0.15) is 5.75 Å². The first-order valence-corrected chi connectivity index (χ1v) is 7.98. The van der Waals surface area contributed by atoms with Crippen LogP contribution in [0.15, 0.2) is 30.3 Å². The maximum absolute atomic E-state index is 12.0. The molecular formula is C17H28N2O2. The number of hydrogen-bond donors (Lipinski definition) is 1. The summed E-state index contributed by atoms with van der Waals surface area (Å²) in [5.41, 5.74) is 0. The van der Waals surface area contributed by atoms with E-state index >= 15 is 0 Å². The lowest BCUT2D eigenvalue weighted by Gasteiger charge is -2.22. The smallest absolute Gasteiger partial charge is 0.317 e. The highest BCUT2D eigenvalue weighted by molar-refractivity contribution is 5.74. The standard InChI is InChI=1S/C17H28N2O2/c1-3-5-14-19(13-4-2)17(20)18-12-9-15-21-16-10-7-6-8-11-16/h6-8,10-11H,3-5,9,12-15H2,1-2H3,(H,18,20). The summed E-state index contributed by atoms with van der Waals surface area (Å²) in [6.07, 6.45) is 3.98. The Bertz CT molecular complexity index is 382. The zero-order chi connectivity index (χ0) is 15.3. The molecule has 21 heavy (non-hydrogen) atoms. The number of para-hydroxylation sites is 1. The lowest BCUT2D eigenvalue weighted by Crippen LogP contribution is -2.41. The molecule has 1 N–H and O–H groups in total. The molecule has 0 fully saturated rings. The molecule has 1 aromatic rings. The minimum atomic E-state index is 0.0463. The molecule has 118 valence electrons. The molecule has 4 nitrogen and oxygen atoms in total. The second-order valence-electron chi connectivity index (χ2n) is 5.09. The summed E-state index contributed by atoms with van der Waals surface area (Å²) < 4.78 is 5.60. The van der Waals surface area contributed by atoms with E-state index in [0.717, 1.165) is 44.5 Å². The summed E-state index contributed by atoms with van der Waals surface area (Å²) in [5.74, 6) is 0.874. The maximum Gasteiger partial charge on any atom is 0.317 e. The summed E-state index contributed by atoms with van der Waals surface area (Å²) in [7, 11) is 0. The van der Waals surface area contributed by atoms with E-state index in [-0.39, 0.29) is 6.03 Å². The molecule has 4 heteroatoms. The van der Waals surface area contributed by atoms with E-state index in [2.05, 4.69) is 19.2 Å². The zero-order valence-electron chi connectivity index (χ0n) is 13.3. The Morgan fingerprint density at radius 1 is 1.10 bits per heavy atom. The Morgan fingerprint density at radius 2 is 1.86 bits per heavy atom. The Hall–Kier alpha value is -1.71. The van der Waals surface area contributed by atoms with Crippen molar-refractivity contribution >= 4 is 6.03 Å². The molecule has 0 aromatic heterocycles. The van der Waals surface area contributed by atoms with Gasteiger partial charge in [-0.2, -0.15) is 0 Å². The average Bonchev–Trinajstić information content (AvgIpc) is 2.52. The molecule has 0 unspecified atom stereocenters. The fourth-order valence-electron chi connectivity index (χ4n) is 2.02. The normalized spacial score (nSPS) is 10.2. The van der Waals surface area contributed by atoms with Gasteiger partial charge in [-0.15, -0.1) is 0 Å². The zero-order valence-corrected chi connectivity index (χ0v) is 13.3. The van der Waals surface area contributed by atoms with Crippen molar-refractivity contribution in [2.24, 2.45) is 0 Å². The molecule has 0 aliphatic heterocycles. The van der Waals surface area contributed by atoms with Crippen LogP contribution in [-0.4, -0.2) is 37.2 Å². The van der Waals surface area contributed by atoms with Gasteiger partial charge in [-0.05, 0) is 31.4 Å². The van der Waals surface area contributed by atoms with Gasteiger partial charge in [-0.1, -0.05) is 38.5 Å². The highest BCUT2D eigenvalue weighted by atomic mass is 16.5. The van der Waals surface area contributed by atoms with Gasteiger partial charge in [0.2, 0.25) is 0 Å². The first-order chi connectivity index (χ1) is 10.3. The molecule has 0 heterocycles.